The number of nitrogens with two attached hydrogens (primary N) is 1. The second-order valence-corrected chi connectivity index (χ2v) is 3.36. The fourth-order valence-electron chi connectivity index (χ4n) is 1.41. The van der Waals surface area contributed by atoms with Crippen LogP contribution in [-0.2, 0) is 13.6 Å². The first-order chi connectivity index (χ1) is 6.22. The van der Waals surface area contributed by atoms with E-state index in [0.717, 1.165) is 16.9 Å². The predicted molar refractivity (Wildman–Crippen MR) is 68.1 cm³/mol. The first-order valence-electron chi connectivity index (χ1n) is 4.03. The summed E-state index contributed by atoms with van der Waals surface area (Å²) in [7, 11) is 1.95. The minimum atomic E-state index is 0. The van der Waals surface area contributed by atoms with Gasteiger partial charge in [-0.2, -0.15) is 0 Å². The molecule has 2 aromatic rings. The van der Waals surface area contributed by atoms with Gasteiger partial charge in [-0.3, -0.25) is 0 Å². The normalized spacial score (nSPS) is 9.53. The average Bonchev–Trinajstić information content (AvgIpc) is 2.42. The van der Waals surface area contributed by atoms with Gasteiger partial charge in [-0.05, 0) is 18.2 Å². The summed E-state index contributed by atoms with van der Waals surface area (Å²) in [5.74, 6) is 0.872. The first-order valence-corrected chi connectivity index (χ1v) is 4.41. The van der Waals surface area contributed by atoms with E-state index in [0.29, 0.717) is 11.6 Å². The Morgan fingerprint density at radius 3 is 2.67 bits per heavy atom. The molecule has 1 aromatic heterocycles. The van der Waals surface area contributed by atoms with Crippen molar-refractivity contribution in [2.24, 2.45) is 12.8 Å². The van der Waals surface area contributed by atoms with Crippen LogP contribution >= 0.6 is 36.4 Å². The maximum absolute atomic E-state index is 5.84. The van der Waals surface area contributed by atoms with Crippen LogP contribution in [0.3, 0.4) is 0 Å². The highest BCUT2D eigenvalue weighted by molar-refractivity contribution is 6.31. The molecule has 0 aliphatic carbocycles. The van der Waals surface area contributed by atoms with E-state index in [9.17, 15) is 0 Å². The molecule has 0 saturated carbocycles. The zero-order chi connectivity index (χ0) is 9.42. The predicted octanol–water partition coefficient (Wildman–Crippen LogP) is 2.53. The zero-order valence-corrected chi connectivity index (χ0v) is 10.5. The number of nitrogens with zero attached hydrogens (tertiary/aromatic N) is 2. The Morgan fingerprint density at radius 2 is 2.07 bits per heavy atom. The van der Waals surface area contributed by atoms with E-state index in [1.165, 1.54) is 0 Å². The summed E-state index contributed by atoms with van der Waals surface area (Å²) in [6.07, 6.45) is 0. The molecular weight excluding hydrogens is 256 g/mol. The van der Waals surface area contributed by atoms with Gasteiger partial charge < -0.3 is 10.3 Å². The Balaban J connectivity index is 0.000000980. The fourth-order valence-corrected chi connectivity index (χ4v) is 1.57. The molecule has 0 atom stereocenters. The molecule has 1 aromatic carbocycles. The molecule has 0 amide bonds. The van der Waals surface area contributed by atoms with Crippen molar-refractivity contribution in [1.82, 2.24) is 9.55 Å². The maximum atomic E-state index is 5.84. The second-order valence-electron chi connectivity index (χ2n) is 2.92. The SMILES string of the molecule is Cl.Cl.Cn1c(CN)nc2cc(Cl)ccc21. The Hall–Kier alpha value is -0.480. The molecule has 0 fully saturated rings. The van der Waals surface area contributed by atoms with Crippen molar-refractivity contribution in [3.8, 4) is 0 Å². The molecule has 0 saturated heterocycles. The molecule has 0 unspecified atom stereocenters. The minimum Gasteiger partial charge on any atom is -0.330 e. The van der Waals surface area contributed by atoms with Gasteiger partial charge in [0.2, 0.25) is 0 Å². The summed E-state index contributed by atoms with van der Waals surface area (Å²) in [5, 5.41) is 0.703. The van der Waals surface area contributed by atoms with E-state index in [2.05, 4.69) is 4.98 Å². The molecule has 0 bridgehead atoms. The first kappa shape index (κ1) is 14.5. The number of benzene rings is 1. The molecule has 0 radical (unpaired) electrons. The minimum absolute atomic E-state index is 0. The average molecular weight is 269 g/mol. The van der Waals surface area contributed by atoms with Crippen LogP contribution in [0.4, 0.5) is 0 Å². The number of aryl methyl sites for hydroxylation is 1. The van der Waals surface area contributed by atoms with Gasteiger partial charge in [-0.15, -0.1) is 24.8 Å². The quantitative estimate of drug-likeness (QED) is 0.864. The molecule has 3 nitrogen and oxygen atoms in total. The Morgan fingerprint density at radius 1 is 1.40 bits per heavy atom. The number of imidazole rings is 1. The van der Waals surface area contributed by atoms with Crippen molar-refractivity contribution in [1.29, 1.82) is 0 Å². The number of rotatable bonds is 1. The summed E-state index contributed by atoms with van der Waals surface area (Å²) in [4.78, 5) is 4.35. The summed E-state index contributed by atoms with van der Waals surface area (Å²) < 4.78 is 1.98. The number of fused-ring (bicyclic) bond motifs is 1. The Kier molecular flexibility index (Phi) is 5.38. The van der Waals surface area contributed by atoms with Gasteiger partial charge in [0.15, 0.2) is 0 Å². The highest BCUT2D eigenvalue weighted by Crippen LogP contribution is 2.19. The standard InChI is InChI=1S/C9H10ClN3.2ClH/c1-13-8-3-2-6(10)4-7(8)12-9(13)5-11;;/h2-4H,5,11H2,1H3;2*1H. The molecular formula is C9H12Cl3N3. The third-order valence-electron chi connectivity index (χ3n) is 2.12. The molecule has 0 spiro atoms. The maximum Gasteiger partial charge on any atom is 0.123 e. The van der Waals surface area contributed by atoms with Crippen LogP contribution in [0.1, 0.15) is 5.82 Å². The van der Waals surface area contributed by atoms with Crippen molar-refractivity contribution in [3.05, 3.63) is 29.0 Å². The van der Waals surface area contributed by atoms with Crippen LogP contribution in [0.15, 0.2) is 18.2 Å². The smallest absolute Gasteiger partial charge is 0.123 e. The summed E-state index contributed by atoms with van der Waals surface area (Å²) >= 11 is 5.84. The van der Waals surface area contributed by atoms with Gasteiger partial charge in [0.05, 0.1) is 17.6 Å². The lowest BCUT2D eigenvalue weighted by atomic mass is 10.3. The van der Waals surface area contributed by atoms with Crippen LogP contribution in [0.5, 0.6) is 0 Å². The Bertz CT molecular complexity index is 453. The van der Waals surface area contributed by atoms with Gasteiger partial charge in [0, 0.05) is 12.1 Å². The van der Waals surface area contributed by atoms with E-state index < -0.39 is 0 Å². The summed E-state index contributed by atoms with van der Waals surface area (Å²) in [6.45, 7) is 0.447. The third kappa shape index (κ3) is 2.55. The van der Waals surface area contributed by atoms with E-state index in [4.69, 9.17) is 17.3 Å². The van der Waals surface area contributed by atoms with Crippen molar-refractivity contribution >= 4 is 47.4 Å². The van der Waals surface area contributed by atoms with Crippen LogP contribution < -0.4 is 5.73 Å². The van der Waals surface area contributed by atoms with Crippen molar-refractivity contribution in [2.45, 2.75) is 6.54 Å². The van der Waals surface area contributed by atoms with Crippen LogP contribution in [0.25, 0.3) is 11.0 Å². The van der Waals surface area contributed by atoms with E-state index >= 15 is 0 Å². The lowest BCUT2D eigenvalue weighted by Crippen LogP contribution is -2.04. The summed E-state index contributed by atoms with van der Waals surface area (Å²) in [6, 6.07) is 5.64. The number of aromatic nitrogens is 2. The molecule has 0 aliphatic heterocycles. The largest absolute Gasteiger partial charge is 0.330 e. The molecule has 84 valence electrons. The van der Waals surface area contributed by atoms with Crippen molar-refractivity contribution in [3.63, 3.8) is 0 Å². The molecule has 2 rings (SSSR count). The van der Waals surface area contributed by atoms with Crippen LogP contribution in [0, 0.1) is 0 Å². The lowest BCUT2D eigenvalue weighted by Gasteiger charge is -1.97. The van der Waals surface area contributed by atoms with Crippen molar-refractivity contribution in [2.75, 3.05) is 0 Å². The van der Waals surface area contributed by atoms with Crippen molar-refractivity contribution < 1.29 is 0 Å². The van der Waals surface area contributed by atoms with Gasteiger partial charge in [-0.1, -0.05) is 11.6 Å². The second kappa shape index (κ2) is 5.56. The van der Waals surface area contributed by atoms with E-state index in [1.807, 2.05) is 29.8 Å². The van der Waals surface area contributed by atoms with Crippen LogP contribution in [-0.4, -0.2) is 9.55 Å². The highest BCUT2D eigenvalue weighted by atomic mass is 35.5. The zero-order valence-electron chi connectivity index (χ0n) is 8.11. The van der Waals surface area contributed by atoms with Gasteiger partial charge in [0.1, 0.15) is 5.82 Å². The summed E-state index contributed by atoms with van der Waals surface area (Å²) in [5.41, 5.74) is 7.49. The molecule has 0 aliphatic rings. The van der Waals surface area contributed by atoms with E-state index in [-0.39, 0.29) is 24.8 Å². The third-order valence-corrected chi connectivity index (χ3v) is 2.35. The van der Waals surface area contributed by atoms with Crippen LogP contribution in [0.2, 0.25) is 5.02 Å². The number of hydrogen-bond acceptors (Lipinski definition) is 2. The molecule has 15 heavy (non-hydrogen) atoms. The fraction of sp³-hybridized carbons (Fsp3) is 0.222. The molecule has 6 heteroatoms. The van der Waals surface area contributed by atoms with Gasteiger partial charge in [0.25, 0.3) is 0 Å². The lowest BCUT2D eigenvalue weighted by molar-refractivity contribution is 0.813. The molecule has 1 heterocycles. The van der Waals surface area contributed by atoms with E-state index in [1.54, 1.807) is 0 Å². The Labute approximate surface area is 105 Å². The molecule has 2 N–H and O–H groups in total. The topological polar surface area (TPSA) is 43.8 Å². The number of hydrogen-bond donors (Lipinski definition) is 1. The van der Waals surface area contributed by atoms with Gasteiger partial charge >= 0.3 is 0 Å². The van der Waals surface area contributed by atoms with Gasteiger partial charge in [-0.25, -0.2) is 4.98 Å². The highest BCUT2D eigenvalue weighted by Gasteiger charge is 2.05. The number of halogens is 3. The monoisotopic (exact) mass is 267 g/mol.